The molecule has 1 aromatic rings. The van der Waals surface area contributed by atoms with E-state index in [1.165, 1.54) is 12.1 Å². The van der Waals surface area contributed by atoms with Gasteiger partial charge in [-0.2, -0.15) is 0 Å². The maximum absolute atomic E-state index is 11.8. The van der Waals surface area contributed by atoms with Crippen molar-refractivity contribution >= 4 is 17.9 Å². The first-order chi connectivity index (χ1) is 9.53. The molecule has 0 N–H and O–H groups in total. The van der Waals surface area contributed by atoms with Crippen LogP contribution in [0.1, 0.15) is 24.2 Å². The van der Waals surface area contributed by atoms with Crippen LogP contribution >= 0.6 is 0 Å². The van der Waals surface area contributed by atoms with E-state index in [1.807, 2.05) is 13.8 Å². The predicted molar refractivity (Wildman–Crippen MR) is 71.9 cm³/mol. The van der Waals surface area contributed by atoms with Crippen molar-refractivity contribution in [3.05, 3.63) is 33.9 Å². The molecule has 7 heteroatoms. The van der Waals surface area contributed by atoms with Gasteiger partial charge in [-0.3, -0.25) is 19.7 Å². The Bertz CT molecular complexity index is 511. The highest BCUT2D eigenvalue weighted by Crippen LogP contribution is 2.27. The largest absolute Gasteiger partial charge is 0.477 e. The Hall–Kier alpha value is -2.44. The van der Waals surface area contributed by atoms with E-state index in [2.05, 4.69) is 0 Å². The van der Waals surface area contributed by atoms with E-state index < -0.39 is 4.92 Å². The molecule has 0 aromatic heterocycles. The first-order valence-corrected chi connectivity index (χ1v) is 6.17. The molecule has 0 spiro atoms. The van der Waals surface area contributed by atoms with Crippen molar-refractivity contribution in [2.24, 2.45) is 0 Å². The highest BCUT2D eigenvalue weighted by atomic mass is 16.6. The number of benzene rings is 1. The van der Waals surface area contributed by atoms with Crippen molar-refractivity contribution in [2.75, 3.05) is 19.7 Å². The Morgan fingerprint density at radius 1 is 1.40 bits per heavy atom. The fraction of sp³-hybridized carbons (Fsp3) is 0.385. The second-order valence-corrected chi connectivity index (χ2v) is 3.96. The fourth-order valence-electron chi connectivity index (χ4n) is 1.68. The zero-order chi connectivity index (χ0) is 15.1. The minimum absolute atomic E-state index is 0.0268. The number of aldehydes is 1. The molecule has 0 unspecified atom stereocenters. The minimum Gasteiger partial charge on any atom is -0.477 e. The number of carbonyl (C=O) groups excluding carboxylic acids is 2. The van der Waals surface area contributed by atoms with E-state index in [1.54, 1.807) is 4.90 Å². The lowest BCUT2D eigenvalue weighted by atomic mass is 10.2. The summed E-state index contributed by atoms with van der Waals surface area (Å²) >= 11 is 0. The second-order valence-electron chi connectivity index (χ2n) is 3.96. The average molecular weight is 280 g/mol. The molecular weight excluding hydrogens is 264 g/mol. The molecular formula is C13H16N2O5. The summed E-state index contributed by atoms with van der Waals surface area (Å²) in [6.45, 7) is 4.49. The Balaban J connectivity index is 2.85. The molecule has 0 radical (unpaired) electrons. The number of ether oxygens (including phenoxy) is 1. The first-order valence-electron chi connectivity index (χ1n) is 6.17. The highest BCUT2D eigenvalue weighted by Gasteiger charge is 2.18. The molecule has 0 atom stereocenters. The van der Waals surface area contributed by atoms with Crippen LogP contribution in [0.4, 0.5) is 5.69 Å². The number of nitrogens with zero attached hydrogens (tertiary/aromatic N) is 2. The van der Waals surface area contributed by atoms with Gasteiger partial charge in [0.2, 0.25) is 0 Å². The highest BCUT2D eigenvalue weighted by molar-refractivity contribution is 5.79. The number of carbonyl (C=O) groups is 2. The normalized spacial score (nSPS) is 9.90. The molecule has 0 aliphatic carbocycles. The number of hydrogen-bond donors (Lipinski definition) is 0. The molecule has 0 bridgehead atoms. The van der Waals surface area contributed by atoms with E-state index in [0.29, 0.717) is 19.4 Å². The molecule has 0 heterocycles. The maximum atomic E-state index is 11.8. The fourth-order valence-corrected chi connectivity index (χ4v) is 1.68. The smallest absolute Gasteiger partial charge is 0.311 e. The summed E-state index contributed by atoms with van der Waals surface area (Å²) in [5.41, 5.74) is -0.152. The van der Waals surface area contributed by atoms with Gasteiger partial charge >= 0.3 is 5.69 Å². The van der Waals surface area contributed by atoms with Gasteiger partial charge in [0.25, 0.3) is 5.91 Å². The summed E-state index contributed by atoms with van der Waals surface area (Å²) in [7, 11) is 0. The molecule has 1 rings (SSSR count). The summed E-state index contributed by atoms with van der Waals surface area (Å²) in [6.07, 6.45) is 0.512. The standard InChI is InChI=1S/C13H16N2O5/c1-3-14(4-2)13(17)9-20-12-6-5-10(8-16)7-11(12)15(18)19/h5-8H,3-4,9H2,1-2H3. The Labute approximate surface area is 116 Å². The van der Waals surface area contributed by atoms with Crippen LogP contribution in [0.3, 0.4) is 0 Å². The number of rotatable bonds is 7. The molecule has 0 saturated heterocycles. The van der Waals surface area contributed by atoms with E-state index >= 15 is 0 Å². The molecule has 20 heavy (non-hydrogen) atoms. The van der Waals surface area contributed by atoms with Gasteiger partial charge < -0.3 is 9.64 Å². The van der Waals surface area contributed by atoms with Crippen molar-refractivity contribution in [1.29, 1.82) is 0 Å². The van der Waals surface area contributed by atoms with Crippen LogP contribution in [-0.4, -0.2) is 41.7 Å². The van der Waals surface area contributed by atoms with Gasteiger partial charge in [-0.25, -0.2) is 0 Å². The predicted octanol–water partition coefficient (Wildman–Crippen LogP) is 1.65. The van der Waals surface area contributed by atoms with Crippen LogP contribution in [0.5, 0.6) is 5.75 Å². The van der Waals surface area contributed by atoms with Crippen molar-refractivity contribution in [1.82, 2.24) is 4.90 Å². The molecule has 0 aliphatic rings. The quantitative estimate of drug-likeness (QED) is 0.430. The monoisotopic (exact) mass is 280 g/mol. The van der Waals surface area contributed by atoms with Crippen LogP contribution in [-0.2, 0) is 4.79 Å². The third kappa shape index (κ3) is 3.78. The Kier molecular flexibility index (Phi) is 5.64. The number of nitro benzene ring substituents is 1. The van der Waals surface area contributed by atoms with Gasteiger partial charge in [0.05, 0.1) is 4.92 Å². The van der Waals surface area contributed by atoms with Gasteiger partial charge in [0.15, 0.2) is 12.4 Å². The summed E-state index contributed by atoms with van der Waals surface area (Å²) in [5, 5.41) is 10.9. The first kappa shape index (κ1) is 15.6. The zero-order valence-electron chi connectivity index (χ0n) is 11.4. The van der Waals surface area contributed by atoms with Gasteiger partial charge in [0, 0.05) is 24.7 Å². The maximum Gasteiger partial charge on any atom is 0.311 e. The van der Waals surface area contributed by atoms with Gasteiger partial charge in [-0.1, -0.05) is 0 Å². The lowest BCUT2D eigenvalue weighted by Crippen LogP contribution is -2.34. The molecule has 1 aromatic carbocycles. The SMILES string of the molecule is CCN(CC)C(=O)COc1ccc(C=O)cc1[N+](=O)[O-]. The Morgan fingerprint density at radius 3 is 2.55 bits per heavy atom. The lowest BCUT2D eigenvalue weighted by molar-refractivity contribution is -0.385. The van der Waals surface area contributed by atoms with E-state index in [4.69, 9.17) is 4.74 Å². The van der Waals surface area contributed by atoms with Crippen molar-refractivity contribution in [3.63, 3.8) is 0 Å². The molecule has 0 aliphatic heterocycles. The lowest BCUT2D eigenvalue weighted by Gasteiger charge is -2.18. The second kappa shape index (κ2) is 7.22. The number of amides is 1. The molecule has 108 valence electrons. The van der Waals surface area contributed by atoms with Crippen molar-refractivity contribution in [2.45, 2.75) is 13.8 Å². The minimum atomic E-state index is -0.649. The molecule has 0 saturated carbocycles. The summed E-state index contributed by atoms with van der Waals surface area (Å²) in [5.74, 6) is -0.273. The molecule has 7 nitrogen and oxygen atoms in total. The third-order valence-electron chi connectivity index (χ3n) is 2.78. The third-order valence-corrected chi connectivity index (χ3v) is 2.78. The Morgan fingerprint density at radius 2 is 2.05 bits per heavy atom. The van der Waals surface area contributed by atoms with Crippen molar-refractivity contribution < 1.29 is 19.2 Å². The van der Waals surface area contributed by atoms with Crippen molar-refractivity contribution in [3.8, 4) is 5.75 Å². The number of nitro groups is 1. The number of likely N-dealkylation sites (N-methyl/N-ethyl adjacent to an activating group) is 1. The van der Waals surface area contributed by atoms with Crippen LogP contribution in [0, 0.1) is 10.1 Å². The summed E-state index contributed by atoms with van der Waals surface area (Å²) in [4.78, 5) is 34.2. The topological polar surface area (TPSA) is 89.8 Å². The van der Waals surface area contributed by atoms with Crippen LogP contribution in [0.2, 0.25) is 0 Å². The summed E-state index contributed by atoms with van der Waals surface area (Å²) < 4.78 is 5.20. The van der Waals surface area contributed by atoms with Gasteiger partial charge in [-0.15, -0.1) is 0 Å². The van der Waals surface area contributed by atoms with E-state index in [0.717, 1.165) is 6.07 Å². The summed E-state index contributed by atoms with van der Waals surface area (Å²) in [6, 6.07) is 3.83. The number of hydrogen-bond acceptors (Lipinski definition) is 5. The van der Waals surface area contributed by atoms with E-state index in [-0.39, 0.29) is 29.5 Å². The molecule has 0 fully saturated rings. The zero-order valence-corrected chi connectivity index (χ0v) is 11.4. The van der Waals surface area contributed by atoms with Gasteiger partial charge in [-0.05, 0) is 26.0 Å². The van der Waals surface area contributed by atoms with Crippen LogP contribution in [0.25, 0.3) is 0 Å². The van der Waals surface area contributed by atoms with Crippen LogP contribution < -0.4 is 4.74 Å². The van der Waals surface area contributed by atoms with Gasteiger partial charge in [0.1, 0.15) is 6.29 Å². The molecule has 1 amide bonds. The van der Waals surface area contributed by atoms with Crippen LogP contribution in [0.15, 0.2) is 18.2 Å². The average Bonchev–Trinajstić information content (AvgIpc) is 2.46. The van der Waals surface area contributed by atoms with E-state index in [9.17, 15) is 19.7 Å².